The maximum atomic E-state index is 11.7. The highest BCUT2D eigenvalue weighted by Crippen LogP contribution is 2.10. The van der Waals surface area contributed by atoms with Crippen LogP contribution < -0.4 is 5.32 Å². The van der Waals surface area contributed by atoms with Crippen LogP contribution in [0.5, 0.6) is 0 Å². The Hall–Kier alpha value is -2.71. The van der Waals surface area contributed by atoms with Crippen molar-refractivity contribution in [2.75, 3.05) is 0 Å². The van der Waals surface area contributed by atoms with E-state index in [1.165, 1.54) is 0 Å². The first-order chi connectivity index (χ1) is 13.4. The maximum absolute atomic E-state index is 11.7. The van der Waals surface area contributed by atoms with E-state index >= 15 is 0 Å². The van der Waals surface area contributed by atoms with Crippen molar-refractivity contribution < 1.29 is 24.5 Å². The molecule has 2 aromatic rings. The van der Waals surface area contributed by atoms with E-state index in [1.807, 2.05) is 44.2 Å². The summed E-state index contributed by atoms with van der Waals surface area (Å²) in [5.41, 5.74) is 1.69. The van der Waals surface area contributed by atoms with Crippen LogP contribution in [0, 0.1) is 5.92 Å². The Labute approximate surface area is 164 Å². The number of carbonyl (C=O) groups is 2. The minimum Gasteiger partial charge on any atom is -0.480 e. The summed E-state index contributed by atoms with van der Waals surface area (Å²) in [4.78, 5) is 27.2. The van der Waals surface area contributed by atoms with Gasteiger partial charge in [0.2, 0.25) is 0 Å². The fourth-order valence-corrected chi connectivity index (χ4v) is 2.85. The number of aromatic nitrogens is 2. The molecule has 8 heteroatoms. The Bertz CT molecular complexity index is 760. The van der Waals surface area contributed by atoms with Crippen LogP contribution in [0.25, 0.3) is 0 Å². The van der Waals surface area contributed by atoms with Crippen molar-refractivity contribution in [3.63, 3.8) is 0 Å². The molecule has 0 spiro atoms. The van der Waals surface area contributed by atoms with Gasteiger partial charge in [0.15, 0.2) is 0 Å². The van der Waals surface area contributed by atoms with Crippen LogP contribution in [0.4, 0.5) is 0 Å². The summed E-state index contributed by atoms with van der Waals surface area (Å²) in [5.74, 6) is -2.03. The van der Waals surface area contributed by atoms with Gasteiger partial charge in [-0.05, 0) is 17.9 Å². The largest absolute Gasteiger partial charge is 0.480 e. The summed E-state index contributed by atoms with van der Waals surface area (Å²) in [6.45, 7) is 4.44. The number of imidazole rings is 1. The number of nitrogens with zero attached hydrogens (tertiary/aromatic N) is 2. The molecule has 0 radical (unpaired) electrons. The summed E-state index contributed by atoms with van der Waals surface area (Å²) in [6, 6.07) is 7.75. The SMILES string of the molecule is CC(C)CC(N[C@H](Cc1cncn1COCc1ccccc1)C(=O)O)C(=O)O. The lowest BCUT2D eigenvalue weighted by Gasteiger charge is -2.22. The van der Waals surface area contributed by atoms with Gasteiger partial charge in [-0.3, -0.25) is 14.9 Å². The molecule has 152 valence electrons. The molecule has 0 aliphatic carbocycles. The Kier molecular flexibility index (Phi) is 8.16. The van der Waals surface area contributed by atoms with E-state index in [1.54, 1.807) is 17.1 Å². The molecule has 2 atom stereocenters. The van der Waals surface area contributed by atoms with E-state index in [0.717, 1.165) is 5.56 Å². The first-order valence-corrected chi connectivity index (χ1v) is 9.19. The van der Waals surface area contributed by atoms with E-state index in [9.17, 15) is 19.8 Å². The second kappa shape index (κ2) is 10.6. The van der Waals surface area contributed by atoms with Gasteiger partial charge in [0.25, 0.3) is 0 Å². The number of carboxylic acid groups (broad SMARTS) is 2. The molecule has 0 aliphatic rings. The van der Waals surface area contributed by atoms with Crippen molar-refractivity contribution in [1.82, 2.24) is 14.9 Å². The quantitative estimate of drug-likeness (QED) is 0.510. The van der Waals surface area contributed by atoms with Crippen LogP contribution >= 0.6 is 0 Å². The van der Waals surface area contributed by atoms with Gasteiger partial charge in [0.05, 0.1) is 12.9 Å². The molecule has 1 aromatic carbocycles. The third-order valence-electron chi connectivity index (χ3n) is 4.26. The average Bonchev–Trinajstić information content (AvgIpc) is 3.08. The van der Waals surface area contributed by atoms with E-state index in [0.29, 0.717) is 18.7 Å². The van der Waals surface area contributed by atoms with E-state index in [-0.39, 0.29) is 19.1 Å². The molecule has 1 aromatic heterocycles. The van der Waals surface area contributed by atoms with Crippen LogP contribution in [0.2, 0.25) is 0 Å². The molecule has 3 N–H and O–H groups in total. The predicted molar refractivity (Wildman–Crippen MR) is 103 cm³/mol. The van der Waals surface area contributed by atoms with E-state index in [4.69, 9.17) is 4.74 Å². The molecule has 8 nitrogen and oxygen atoms in total. The molecule has 0 bridgehead atoms. The third-order valence-corrected chi connectivity index (χ3v) is 4.26. The van der Waals surface area contributed by atoms with Crippen LogP contribution in [0.15, 0.2) is 42.9 Å². The van der Waals surface area contributed by atoms with Crippen molar-refractivity contribution in [3.8, 4) is 0 Å². The Balaban J connectivity index is 1.98. The molecule has 0 aliphatic heterocycles. The molecule has 0 saturated heterocycles. The fraction of sp³-hybridized carbons (Fsp3) is 0.450. The molecule has 0 fully saturated rings. The summed E-state index contributed by atoms with van der Waals surface area (Å²) < 4.78 is 7.40. The number of benzene rings is 1. The predicted octanol–water partition coefficient (Wildman–Crippen LogP) is 2.14. The number of hydrogen-bond donors (Lipinski definition) is 3. The number of ether oxygens (including phenoxy) is 1. The van der Waals surface area contributed by atoms with E-state index < -0.39 is 24.0 Å². The Morgan fingerprint density at radius 3 is 2.43 bits per heavy atom. The van der Waals surface area contributed by atoms with Gasteiger partial charge in [0, 0.05) is 18.3 Å². The maximum Gasteiger partial charge on any atom is 0.321 e. The highest BCUT2D eigenvalue weighted by Gasteiger charge is 2.27. The molecule has 2 rings (SSSR count). The van der Waals surface area contributed by atoms with Crippen molar-refractivity contribution in [3.05, 3.63) is 54.1 Å². The second-order valence-corrected chi connectivity index (χ2v) is 7.10. The van der Waals surface area contributed by atoms with Crippen LogP contribution in [-0.4, -0.2) is 43.8 Å². The number of nitrogens with one attached hydrogen (secondary N) is 1. The standard InChI is InChI=1S/C20H27N3O5/c1-14(2)8-17(19(24)25)22-18(20(26)27)9-16-10-21-12-23(16)13-28-11-15-6-4-3-5-7-15/h3-7,10,12,14,17-18,22H,8-9,11,13H2,1-2H3,(H,24,25)(H,26,27)/t17?,18-/m1/s1. The average molecular weight is 389 g/mol. The van der Waals surface area contributed by atoms with Gasteiger partial charge < -0.3 is 19.5 Å². The first-order valence-electron chi connectivity index (χ1n) is 9.19. The fourth-order valence-electron chi connectivity index (χ4n) is 2.85. The molecule has 0 amide bonds. The number of rotatable bonds is 12. The third kappa shape index (κ3) is 6.79. The van der Waals surface area contributed by atoms with Crippen LogP contribution in [-0.2, 0) is 34.1 Å². The second-order valence-electron chi connectivity index (χ2n) is 7.10. The van der Waals surface area contributed by atoms with Crippen LogP contribution in [0.1, 0.15) is 31.5 Å². The zero-order valence-electron chi connectivity index (χ0n) is 16.1. The van der Waals surface area contributed by atoms with Crippen molar-refractivity contribution in [1.29, 1.82) is 0 Å². The summed E-state index contributed by atoms with van der Waals surface area (Å²) in [6.07, 6.45) is 3.59. The summed E-state index contributed by atoms with van der Waals surface area (Å²) >= 11 is 0. The number of aliphatic carboxylic acids is 2. The summed E-state index contributed by atoms with van der Waals surface area (Å²) in [5, 5.41) is 21.7. The zero-order chi connectivity index (χ0) is 20.5. The topological polar surface area (TPSA) is 114 Å². The zero-order valence-corrected chi connectivity index (χ0v) is 16.1. The van der Waals surface area contributed by atoms with Crippen molar-refractivity contribution in [2.24, 2.45) is 5.92 Å². The number of carboxylic acids is 2. The summed E-state index contributed by atoms with van der Waals surface area (Å²) in [7, 11) is 0. The monoisotopic (exact) mass is 389 g/mol. The van der Waals surface area contributed by atoms with Crippen molar-refractivity contribution in [2.45, 2.75) is 52.1 Å². The molecular formula is C20H27N3O5. The lowest BCUT2D eigenvalue weighted by atomic mass is 10.0. The van der Waals surface area contributed by atoms with Gasteiger partial charge in [-0.25, -0.2) is 4.98 Å². The van der Waals surface area contributed by atoms with E-state index in [2.05, 4.69) is 10.3 Å². The molecule has 0 saturated carbocycles. The lowest BCUT2D eigenvalue weighted by Crippen LogP contribution is -2.49. The van der Waals surface area contributed by atoms with Gasteiger partial charge in [0.1, 0.15) is 18.8 Å². The van der Waals surface area contributed by atoms with Crippen LogP contribution in [0.3, 0.4) is 0 Å². The van der Waals surface area contributed by atoms with Gasteiger partial charge >= 0.3 is 11.9 Å². The minimum absolute atomic E-state index is 0.103. The normalized spacial score (nSPS) is 13.4. The highest BCUT2D eigenvalue weighted by atomic mass is 16.5. The van der Waals surface area contributed by atoms with Gasteiger partial charge in [-0.2, -0.15) is 0 Å². The van der Waals surface area contributed by atoms with Gasteiger partial charge in [-0.15, -0.1) is 0 Å². The van der Waals surface area contributed by atoms with Gasteiger partial charge in [-0.1, -0.05) is 44.2 Å². The Morgan fingerprint density at radius 1 is 1.14 bits per heavy atom. The molecule has 1 unspecified atom stereocenters. The molecular weight excluding hydrogens is 362 g/mol. The number of hydrogen-bond acceptors (Lipinski definition) is 5. The molecule has 28 heavy (non-hydrogen) atoms. The molecule has 1 heterocycles. The first kappa shape index (κ1) is 21.6. The van der Waals surface area contributed by atoms with Crippen molar-refractivity contribution >= 4 is 11.9 Å². The lowest BCUT2D eigenvalue weighted by molar-refractivity contribution is -0.142. The highest BCUT2D eigenvalue weighted by molar-refractivity contribution is 5.77. The minimum atomic E-state index is -1.10. The Morgan fingerprint density at radius 2 is 1.82 bits per heavy atom. The smallest absolute Gasteiger partial charge is 0.321 e.